The van der Waals surface area contributed by atoms with Crippen molar-refractivity contribution in [3.63, 3.8) is 0 Å². The van der Waals surface area contributed by atoms with Crippen LogP contribution in [0.25, 0.3) is 0 Å². The highest BCUT2D eigenvalue weighted by molar-refractivity contribution is 5.83. The highest BCUT2D eigenvalue weighted by Gasteiger charge is 2.02. The summed E-state index contributed by atoms with van der Waals surface area (Å²) in [6.45, 7) is 0. The quantitative estimate of drug-likeness (QED) is 0.472. The van der Waals surface area contributed by atoms with Crippen molar-refractivity contribution in [1.29, 1.82) is 0 Å². The second-order valence-corrected chi connectivity index (χ2v) is 1.83. The van der Waals surface area contributed by atoms with Gasteiger partial charge in [0.2, 0.25) is 0 Å². The van der Waals surface area contributed by atoms with Crippen molar-refractivity contribution in [1.82, 2.24) is 0 Å². The van der Waals surface area contributed by atoms with Gasteiger partial charge in [-0.05, 0) is 12.1 Å². The van der Waals surface area contributed by atoms with Gasteiger partial charge in [-0.15, -0.1) is 0 Å². The highest BCUT2D eigenvalue weighted by atomic mass is 28.1. The van der Waals surface area contributed by atoms with Crippen LogP contribution >= 0.6 is 0 Å². The Hall–Kier alpha value is -1.29. The third-order valence-corrected chi connectivity index (χ3v) is 1.18. The van der Waals surface area contributed by atoms with Crippen LogP contribution in [-0.2, 0) is 0 Å². The molecule has 0 spiro atoms. The molecule has 0 aliphatic rings. The molecule has 0 aliphatic heterocycles. The van der Waals surface area contributed by atoms with Gasteiger partial charge in [-0.25, -0.2) is 0 Å². The monoisotopic (exact) mass is 166 g/mol. The number of phenols is 2. The zero-order valence-corrected chi connectivity index (χ0v) is 6.61. The maximum Gasteiger partial charge on any atom is 0.157 e. The lowest BCUT2D eigenvalue weighted by molar-refractivity contribution is 0.111. The first-order valence-corrected chi connectivity index (χ1v) is 2.72. The summed E-state index contributed by atoms with van der Waals surface area (Å²) in [6, 6.07) is 4.13. The maximum atomic E-state index is 10.1. The van der Waals surface area contributed by atoms with E-state index in [2.05, 4.69) is 0 Å². The number of aldehydes is 1. The molecule has 0 aliphatic carbocycles. The second-order valence-electron chi connectivity index (χ2n) is 1.83. The summed E-state index contributed by atoms with van der Waals surface area (Å²) < 4.78 is 0. The lowest BCUT2D eigenvalue weighted by atomic mass is 10.2. The van der Waals surface area contributed by atoms with Gasteiger partial charge in [0.25, 0.3) is 0 Å². The summed E-state index contributed by atoms with van der Waals surface area (Å²) in [4.78, 5) is 10.1. The Morgan fingerprint density at radius 2 is 1.64 bits per heavy atom. The van der Waals surface area contributed by atoms with Crippen LogP contribution in [0.2, 0.25) is 0 Å². The van der Waals surface area contributed by atoms with Crippen LogP contribution < -0.4 is 0 Å². The minimum atomic E-state index is -0.199. The molecule has 0 fully saturated rings. The van der Waals surface area contributed by atoms with Crippen LogP contribution in [0.1, 0.15) is 10.4 Å². The van der Waals surface area contributed by atoms with E-state index >= 15 is 0 Å². The summed E-state index contributed by atoms with van der Waals surface area (Å²) >= 11 is 0. The van der Waals surface area contributed by atoms with E-state index in [4.69, 9.17) is 10.2 Å². The van der Waals surface area contributed by atoms with Gasteiger partial charge in [-0.2, -0.15) is 0 Å². The summed E-state index contributed by atoms with van der Waals surface area (Å²) in [5.41, 5.74) is -0.0671. The van der Waals surface area contributed by atoms with Crippen molar-refractivity contribution in [2.75, 3.05) is 0 Å². The van der Waals surface area contributed by atoms with Gasteiger partial charge in [-0.3, -0.25) is 4.79 Å². The molecule has 56 valence electrons. The van der Waals surface area contributed by atoms with Crippen LogP contribution in [0.15, 0.2) is 18.2 Å². The Bertz CT molecular complexity index is 240. The van der Waals surface area contributed by atoms with Gasteiger partial charge in [0, 0.05) is 11.0 Å². The number of rotatable bonds is 1. The second kappa shape index (κ2) is 3.77. The minimum absolute atomic E-state index is 0. The highest BCUT2D eigenvalue weighted by Crippen LogP contribution is 2.23. The number of benzene rings is 1. The van der Waals surface area contributed by atoms with Crippen LogP contribution in [0.5, 0.6) is 11.5 Å². The standard InChI is InChI=1S/C7H6O3.Si/c8-4-5-6(9)2-1-3-7(5)10;/h1-4,9-10H;. The van der Waals surface area contributed by atoms with Crippen molar-refractivity contribution in [2.45, 2.75) is 0 Å². The third kappa shape index (κ3) is 1.81. The molecule has 0 atom stereocenters. The molecule has 4 heteroatoms. The van der Waals surface area contributed by atoms with E-state index in [1.807, 2.05) is 0 Å². The topological polar surface area (TPSA) is 57.5 Å². The molecule has 2 N–H and O–H groups in total. The smallest absolute Gasteiger partial charge is 0.157 e. The molecule has 0 unspecified atom stereocenters. The van der Waals surface area contributed by atoms with Gasteiger partial charge in [0.1, 0.15) is 11.5 Å². The average Bonchev–Trinajstić information content (AvgIpc) is 1.88. The van der Waals surface area contributed by atoms with E-state index < -0.39 is 0 Å². The van der Waals surface area contributed by atoms with Gasteiger partial charge in [0.05, 0.1) is 5.56 Å². The Kier molecular flexibility index (Phi) is 3.33. The number of carbonyl (C=O) groups excluding carboxylic acids is 1. The summed E-state index contributed by atoms with van der Waals surface area (Å²) in [6.07, 6.45) is 0.407. The van der Waals surface area contributed by atoms with E-state index in [-0.39, 0.29) is 28.0 Å². The SMILES string of the molecule is O=Cc1c(O)cccc1O.[Si]. The van der Waals surface area contributed by atoms with Gasteiger partial charge in [-0.1, -0.05) is 6.07 Å². The summed E-state index contributed by atoms with van der Waals surface area (Å²) in [7, 11) is 0. The predicted octanol–water partition coefficient (Wildman–Crippen LogP) is 0.529. The molecule has 0 saturated carbocycles. The Morgan fingerprint density at radius 1 is 1.18 bits per heavy atom. The minimum Gasteiger partial charge on any atom is -0.507 e. The molecule has 1 rings (SSSR count). The van der Waals surface area contributed by atoms with Crippen LogP contribution in [0.4, 0.5) is 0 Å². The molecule has 4 radical (unpaired) electrons. The van der Waals surface area contributed by atoms with E-state index in [9.17, 15) is 4.79 Å². The van der Waals surface area contributed by atoms with Gasteiger partial charge in [0.15, 0.2) is 6.29 Å². The van der Waals surface area contributed by atoms with Gasteiger partial charge < -0.3 is 10.2 Å². The fourth-order valence-corrected chi connectivity index (χ4v) is 0.662. The molecular formula is C7H6O3Si. The molecule has 3 nitrogen and oxygen atoms in total. The molecule has 0 bridgehead atoms. The number of phenolic OH excluding ortho intramolecular Hbond substituents is 2. The van der Waals surface area contributed by atoms with Crippen molar-refractivity contribution >= 4 is 17.3 Å². The molecule has 1 aromatic carbocycles. The fourth-order valence-electron chi connectivity index (χ4n) is 0.662. The van der Waals surface area contributed by atoms with E-state index in [1.54, 1.807) is 0 Å². The molecular weight excluding hydrogens is 160 g/mol. The zero-order valence-electron chi connectivity index (χ0n) is 5.61. The Balaban J connectivity index is 0.000001000. The van der Waals surface area contributed by atoms with Crippen LogP contribution in [-0.4, -0.2) is 27.5 Å². The van der Waals surface area contributed by atoms with E-state index in [0.29, 0.717) is 6.29 Å². The summed E-state index contributed by atoms with van der Waals surface area (Å²) in [5, 5.41) is 17.8. The summed E-state index contributed by atoms with van der Waals surface area (Å²) in [5.74, 6) is -0.398. The maximum absolute atomic E-state index is 10.1. The first-order chi connectivity index (χ1) is 4.75. The fraction of sp³-hybridized carbons (Fsp3) is 0. The Morgan fingerprint density at radius 3 is 1.91 bits per heavy atom. The molecule has 11 heavy (non-hydrogen) atoms. The lowest BCUT2D eigenvalue weighted by Crippen LogP contribution is -1.80. The lowest BCUT2D eigenvalue weighted by Gasteiger charge is -1.97. The van der Waals surface area contributed by atoms with E-state index in [0.717, 1.165) is 0 Å². The number of carbonyl (C=O) groups is 1. The number of hydrogen-bond acceptors (Lipinski definition) is 3. The molecule has 0 aromatic heterocycles. The molecule has 0 saturated heterocycles. The first kappa shape index (κ1) is 9.71. The first-order valence-electron chi connectivity index (χ1n) is 2.72. The van der Waals surface area contributed by atoms with E-state index in [1.165, 1.54) is 18.2 Å². The molecule has 0 heterocycles. The van der Waals surface area contributed by atoms with Gasteiger partial charge >= 0.3 is 0 Å². The van der Waals surface area contributed by atoms with Crippen LogP contribution in [0, 0.1) is 0 Å². The number of aromatic hydroxyl groups is 2. The van der Waals surface area contributed by atoms with Crippen LogP contribution in [0.3, 0.4) is 0 Å². The average molecular weight is 166 g/mol. The zero-order chi connectivity index (χ0) is 7.56. The van der Waals surface area contributed by atoms with Crippen molar-refractivity contribution in [3.8, 4) is 11.5 Å². The Labute approximate surface area is 68.3 Å². The normalized spacial score (nSPS) is 8.36. The van der Waals surface area contributed by atoms with Crippen molar-refractivity contribution < 1.29 is 15.0 Å². The molecule has 0 amide bonds. The third-order valence-electron chi connectivity index (χ3n) is 1.18. The number of hydrogen-bond donors (Lipinski definition) is 2. The predicted molar refractivity (Wildman–Crippen MR) is 40.9 cm³/mol. The van der Waals surface area contributed by atoms with Crippen molar-refractivity contribution in [2.24, 2.45) is 0 Å². The largest absolute Gasteiger partial charge is 0.507 e. The molecule has 1 aromatic rings. The van der Waals surface area contributed by atoms with Crippen molar-refractivity contribution in [3.05, 3.63) is 23.8 Å².